The lowest BCUT2D eigenvalue weighted by molar-refractivity contribution is 0.0760. The Morgan fingerprint density at radius 1 is 0.639 bits per heavy atom. The van der Waals surface area contributed by atoms with Gasteiger partial charge in [0, 0.05) is 14.1 Å². The number of carbonyl (C=O) groups excluding carboxylic acids is 2. The van der Waals surface area contributed by atoms with Crippen LogP contribution in [0.3, 0.4) is 0 Å². The maximum atomic E-state index is 12.8. The van der Waals surface area contributed by atoms with Gasteiger partial charge in [-0.25, -0.2) is 4.98 Å². The van der Waals surface area contributed by atoms with Crippen molar-refractivity contribution in [3.63, 3.8) is 0 Å². The molecule has 3 rings (SSSR count). The lowest BCUT2D eigenvalue weighted by Gasteiger charge is -2.19. The van der Waals surface area contributed by atoms with E-state index in [0.717, 1.165) is 11.5 Å². The molecule has 0 atom stereocenters. The van der Waals surface area contributed by atoms with Gasteiger partial charge in [0.1, 0.15) is 47.6 Å². The van der Waals surface area contributed by atoms with E-state index in [1.54, 1.807) is 95.0 Å². The first-order chi connectivity index (χ1) is 17.4. The largest absolute Gasteiger partial charge is 0.497 e. The first kappa shape index (κ1) is 26.3. The Kier molecular flexibility index (Phi) is 9.50. The number of ether oxygens (including phenoxy) is 4. The molecule has 0 bridgehead atoms. The number of nitrogens with zero attached hydrogens (tertiary/aromatic N) is 3. The minimum absolute atomic E-state index is 0.190. The minimum atomic E-state index is -0.298. The second-order valence-corrected chi connectivity index (χ2v) is 7.91. The van der Waals surface area contributed by atoms with E-state index in [9.17, 15) is 9.59 Å². The van der Waals surface area contributed by atoms with Crippen molar-refractivity contribution in [2.75, 3.05) is 54.6 Å². The first-order valence-corrected chi connectivity index (χ1v) is 11.4. The molecule has 0 saturated heterocycles. The van der Waals surface area contributed by atoms with Gasteiger partial charge >= 0.3 is 0 Å². The van der Waals surface area contributed by atoms with Gasteiger partial charge in [0.2, 0.25) is 0 Å². The van der Waals surface area contributed by atoms with E-state index in [2.05, 4.69) is 4.98 Å². The van der Waals surface area contributed by atoms with E-state index in [1.807, 2.05) is 0 Å². The summed E-state index contributed by atoms with van der Waals surface area (Å²) in [6, 6.07) is 19.3. The number of carbonyl (C=O) groups is 2. The maximum Gasteiger partial charge on any atom is 0.272 e. The third kappa shape index (κ3) is 7.36. The zero-order chi connectivity index (χ0) is 25.9. The Morgan fingerprint density at radius 2 is 1.00 bits per heavy atom. The van der Waals surface area contributed by atoms with Crippen molar-refractivity contribution < 1.29 is 28.5 Å². The van der Waals surface area contributed by atoms with Crippen LogP contribution in [-0.2, 0) is 0 Å². The Balaban J connectivity index is 1.49. The monoisotopic (exact) mass is 493 g/mol. The summed E-state index contributed by atoms with van der Waals surface area (Å²) < 4.78 is 21.6. The van der Waals surface area contributed by atoms with Gasteiger partial charge in [0.25, 0.3) is 11.8 Å². The molecule has 9 heteroatoms. The van der Waals surface area contributed by atoms with E-state index in [4.69, 9.17) is 18.9 Å². The third-order valence-electron chi connectivity index (χ3n) is 5.39. The number of amides is 2. The van der Waals surface area contributed by atoms with E-state index < -0.39 is 0 Å². The second-order valence-electron chi connectivity index (χ2n) is 7.91. The van der Waals surface area contributed by atoms with Crippen molar-refractivity contribution in [1.29, 1.82) is 0 Å². The molecule has 36 heavy (non-hydrogen) atoms. The summed E-state index contributed by atoms with van der Waals surface area (Å²) >= 11 is 0. The highest BCUT2D eigenvalue weighted by Crippen LogP contribution is 2.18. The Hall–Kier alpha value is -4.27. The maximum absolute atomic E-state index is 12.8. The summed E-state index contributed by atoms with van der Waals surface area (Å²) in [5, 5.41) is 0. The van der Waals surface area contributed by atoms with Crippen LogP contribution in [0, 0.1) is 0 Å². The zero-order valence-corrected chi connectivity index (χ0v) is 21.0. The summed E-state index contributed by atoms with van der Waals surface area (Å²) in [4.78, 5) is 33.0. The number of hydrogen-bond acceptors (Lipinski definition) is 7. The number of pyridine rings is 1. The second kappa shape index (κ2) is 13.0. The van der Waals surface area contributed by atoms with E-state index in [1.165, 1.54) is 9.80 Å². The van der Waals surface area contributed by atoms with Crippen LogP contribution in [0.2, 0.25) is 0 Å². The Labute approximate surface area is 211 Å². The number of likely N-dealkylation sites (N-methyl/N-ethyl adjacent to an activating group) is 2. The molecule has 2 amide bonds. The fourth-order valence-electron chi connectivity index (χ4n) is 3.21. The molecule has 0 saturated carbocycles. The minimum Gasteiger partial charge on any atom is -0.497 e. The fraction of sp³-hybridized carbons (Fsp3) is 0.296. The molecule has 3 aromatic rings. The molecule has 0 spiro atoms. The molecule has 0 N–H and O–H groups in total. The molecule has 0 unspecified atom stereocenters. The number of rotatable bonds is 12. The van der Waals surface area contributed by atoms with Crippen molar-refractivity contribution in [2.45, 2.75) is 0 Å². The summed E-state index contributed by atoms with van der Waals surface area (Å²) in [7, 11) is 6.53. The van der Waals surface area contributed by atoms with Crippen LogP contribution in [0.4, 0.5) is 0 Å². The highest BCUT2D eigenvalue weighted by Gasteiger charge is 2.18. The number of aromatic nitrogens is 1. The summed E-state index contributed by atoms with van der Waals surface area (Å²) in [6.45, 7) is 1.33. The van der Waals surface area contributed by atoms with Gasteiger partial charge in [-0.15, -0.1) is 0 Å². The van der Waals surface area contributed by atoms with Gasteiger partial charge in [-0.3, -0.25) is 9.59 Å². The van der Waals surface area contributed by atoms with Crippen molar-refractivity contribution in [1.82, 2.24) is 14.8 Å². The summed E-state index contributed by atoms with van der Waals surface area (Å²) in [6.07, 6.45) is 0. The molecule has 190 valence electrons. The number of methoxy groups -OCH3 is 2. The predicted molar refractivity (Wildman–Crippen MR) is 135 cm³/mol. The molecule has 0 aliphatic rings. The molecular formula is C27H31N3O6. The summed E-state index contributed by atoms with van der Waals surface area (Å²) in [5.41, 5.74) is 0.381. The smallest absolute Gasteiger partial charge is 0.272 e. The van der Waals surface area contributed by atoms with Crippen molar-refractivity contribution in [2.24, 2.45) is 0 Å². The molecule has 1 heterocycles. The van der Waals surface area contributed by atoms with Crippen molar-refractivity contribution in [3.05, 3.63) is 78.1 Å². The normalized spacial score (nSPS) is 10.3. The van der Waals surface area contributed by atoms with E-state index in [-0.39, 0.29) is 23.2 Å². The van der Waals surface area contributed by atoms with Gasteiger partial charge in [-0.2, -0.15) is 0 Å². The van der Waals surface area contributed by atoms with Gasteiger partial charge in [0.15, 0.2) is 0 Å². The highest BCUT2D eigenvalue weighted by molar-refractivity contribution is 5.96. The third-order valence-corrected chi connectivity index (χ3v) is 5.39. The molecule has 0 radical (unpaired) electrons. The Bertz CT molecular complexity index is 1050. The standard InChI is InChI=1S/C27H31N3O6/c1-29(16-18-35-22-12-8-20(33-3)9-13-22)26(31)24-6-5-7-25(28-24)27(32)30(2)17-19-36-23-14-10-21(34-4)11-15-23/h5-15H,16-19H2,1-4H3. The van der Waals surface area contributed by atoms with Crippen LogP contribution >= 0.6 is 0 Å². The fourth-order valence-corrected chi connectivity index (χ4v) is 3.21. The molecule has 0 aliphatic heterocycles. The lowest BCUT2D eigenvalue weighted by atomic mass is 10.2. The number of benzene rings is 2. The molecular weight excluding hydrogens is 462 g/mol. The molecule has 0 fully saturated rings. The zero-order valence-electron chi connectivity index (χ0n) is 21.0. The predicted octanol–water partition coefficient (Wildman–Crippen LogP) is 3.40. The van der Waals surface area contributed by atoms with Gasteiger partial charge in [0.05, 0.1) is 27.3 Å². The van der Waals surface area contributed by atoms with Gasteiger partial charge < -0.3 is 28.7 Å². The van der Waals surface area contributed by atoms with Crippen LogP contribution < -0.4 is 18.9 Å². The van der Waals surface area contributed by atoms with Crippen molar-refractivity contribution >= 4 is 11.8 Å². The highest BCUT2D eigenvalue weighted by atomic mass is 16.5. The van der Waals surface area contributed by atoms with Crippen molar-refractivity contribution in [3.8, 4) is 23.0 Å². The average molecular weight is 494 g/mol. The lowest BCUT2D eigenvalue weighted by Crippen LogP contribution is -2.33. The quantitative estimate of drug-likeness (QED) is 0.382. The van der Waals surface area contributed by atoms with Crippen LogP contribution in [0.25, 0.3) is 0 Å². The topological polar surface area (TPSA) is 90.4 Å². The first-order valence-electron chi connectivity index (χ1n) is 11.4. The average Bonchev–Trinajstić information content (AvgIpc) is 2.92. The molecule has 2 aromatic carbocycles. The van der Waals surface area contributed by atoms with Gasteiger partial charge in [-0.05, 0) is 60.7 Å². The van der Waals surface area contributed by atoms with Crippen LogP contribution in [-0.4, -0.2) is 81.2 Å². The molecule has 0 aliphatic carbocycles. The van der Waals surface area contributed by atoms with Crippen LogP contribution in [0.15, 0.2) is 66.7 Å². The SMILES string of the molecule is COc1ccc(OCCN(C)C(=O)c2cccc(C(=O)N(C)CCOc3ccc(OC)cc3)n2)cc1. The van der Waals surface area contributed by atoms with E-state index >= 15 is 0 Å². The van der Waals surface area contributed by atoms with Crippen LogP contribution in [0.5, 0.6) is 23.0 Å². The summed E-state index contributed by atoms with van der Waals surface area (Å²) in [5.74, 6) is 2.25. The van der Waals surface area contributed by atoms with E-state index in [0.29, 0.717) is 37.8 Å². The van der Waals surface area contributed by atoms with Crippen LogP contribution in [0.1, 0.15) is 21.0 Å². The Morgan fingerprint density at radius 3 is 1.36 bits per heavy atom. The number of hydrogen-bond donors (Lipinski definition) is 0. The molecule has 9 nitrogen and oxygen atoms in total. The van der Waals surface area contributed by atoms with Gasteiger partial charge in [-0.1, -0.05) is 6.07 Å². The molecule has 1 aromatic heterocycles.